The monoisotopic (exact) mass is 329 g/mol. The number of nitrogens with zero attached hydrogens (tertiary/aromatic N) is 3. The molecule has 0 unspecified atom stereocenters. The van der Waals surface area contributed by atoms with Crippen LogP contribution in [0.4, 0.5) is 0 Å². The van der Waals surface area contributed by atoms with Crippen LogP contribution in [0.3, 0.4) is 0 Å². The molecule has 0 amide bonds. The Morgan fingerprint density at radius 1 is 1.50 bits per heavy atom. The molecule has 0 saturated heterocycles. The molecule has 0 atom stereocenters. The van der Waals surface area contributed by atoms with Crippen LogP contribution >= 0.6 is 22.6 Å². The van der Waals surface area contributed by atoms with Gasteiger partial charge in [0.1, 0.15) is 0 Å². The first-order chi connectivity index (χ1) is 7.56. The standard InChI is InChI=1S/C10H8IN3O2/c1-6-2-7(10(15)16)3-9(13-6)14-5-8(11)4-12-14/h2-5H,1H3,(H,15,16). The molecular formula is C10H8IN3O2. The second kappa shape index (κ2) is 4.20. The maximum absolute atomic E-state index is 10.9. The fourth-order valence-corrected chi connectivity index (χ4v) is 1.71. The Labute approximate surface area is 105 Å². The summed E-state index contributed by atoms with van der Waals surface area (Å²) in [6.45, 7) is 1.75. The minimum Gasteiger partial charge on any atom is -0.478 e. The van der Waals surface area contributed by atoms with Gasteiger partial charge in [0.25, 0.3) is 0 Å². The number of carboxylic acids is 1. The normalized spacial score (nSPS) is 10.4. The Kier molecular flexibility index (Phi) is 2.90. The zero-order valence-corrected chi connectivity index (χ0v) is 10.5. The van der Waals surface area contributed by atoms with E-state index in [2.05, 4.69) is 32.7 Å². The predicted octanol–water partition coefficient (Wildman–Crippen LogP) is 1.88. The van der Waals surface area contributed by atoms with Crippen LogP contribution in [0.1, 0.15) is 16.1 Å². The number of pyridine rings is 1. The molecule has 0 aliphatic heterocycles. The predicted molar refractivity (Wildman–Crippen MR) is 65.8 cm³/mol. The molecule has 5 nitrogen and oxygen atoms in total. The number of halogens is 1. The van der Waals surface area contributed by atoms with E-state index in [4.69, 9.17) is 5.11 Å². The second-order valence-electron chi connectivity index (χ2n) is 3.26. The third kappa shape index (κ3) is 2.21. The van der Waals surface area contributed by atoms with Crippen LogP contribution in [0.5, 0.6) is 0 Å². The first kappa shape index (κ1) is 11.1. The third-order valence-corrected chi connectivity index (χ3v) is 2.53. The third-order valence-electron chi connectivity index (χ3n) is 1.97. The number of hydrogen-bond acceptors (Lipinski definition) is 3. The molecule has 0 aromatic carbocycles. The van der Waals surface area contributed by atoms with Crippen LogP contribution < -0.4 is 0 Å². The van der Waals surface area contributed by atoms with Crippen LogP contribution in [0, 0.1) is 10.5 Å². The molecule has 0 aliphatic carbocycles. The molecule has 0 spiro atoms. The Hall–Kier alpha value is -1.44. The average Bonchev–Trinajstić information content (AvgIpc) is 2.64. The van der Waals surface area contributed by atoms with Crippen LogP contribution in [-0.2, 0) is 0 Å². The largest absolute Gasteiger partial charge is 0.478 e. The fourth-order valence-electron chi connectivity index (χ4n) is 1.32. The highest BCUT2D eigenvalue weighted by atomic mass is 127. The summed E-state index contributed by atoms with van der Waals surface area (Å²) in [6.07, 6.45) is 3.47. The number of aromatic carboxylic acids is 1. The molecular weight excluding hydrogens is 321 g/mol. The fraction of sp³-hybridized carbons (Fsp3) is 0.100. The summed E-state index contributed by atoms with van der Waals surface area (Å²) >= 11 is 2.13. The van der Waals surface area contributed by atoms with Gasteiger partial charge in [0.2, 0.25) is 0 Å². The van der Waals surface area contributed by atoms with E-state index in [1.807, 2.05) is 0 Å². The summed E-state index contributed by atoms with van der Waals surface area (Å²) in [6, 6.07) is 3.03. The van der Waals surface area contributed by atoms with Gasteiger partial charge in [-0.1, -0.05) is 0 Å². The van der Waals surface area contributed by atoms with Crippen molar-refractivity contribution >= 4 is 28.6 Å². The summed E-state index contributed by atoms with van der Waals surface area (Å²) in [5, 5.41) is 13.0. The zero-order valence-electron chi connectivity index (χ0n) is 8.38. The van der Waals surface area contributed by atoms with Crippen molar-refractivity contribution in [2.24, 2.45) is 0 Å². The molecule has 2 aromatic heterocycles. The highest BCUT2D eigenvalue weighted by Gasteiger charge is 2.08. The van der Waals surface area contributed by atoms with Crippen molar-refractivity contribution in [2.75, 3.05) is 0 Å². The lowest BCUT2D eigenvalue weighted by Crippen LogP contribution is -2.04. The van der Waals surface area contributed by atoms with Crippen molar-refractivity contribution < 1.29 is 9.90 Å². The molecule has 0 fully saturated rings. The number of carboxylic acid groups (broad SMARTS) is 1. The van der Waals surface area contributed by atoms with E-state index in [1.54, 1.807) is 24.0 Å². The summed E-state index contributed by atoms with van der Waals surface area (Å²) in [5.74, 6) is -0.450. The highest BCUT2D eigenvalue weighted by molar-refractivity contribution is 14.1. The quantitative estimate of drug-likeness (QED) is 0.855. The lowest BCUT2D eigenvalue weighted by atomic mass is 10.2. The van der Waals surface area contributed by atoms with Crippen molar-refractivity contribution in [1.29, 1.82) is 0 Å². The van der Waals surface area contributed by atoms with Gasteiger partial charge in [0.05, 0.1) is 15.3 Å². The van der Waals surface area contributed by atoms with Crippen molar-refractivity contribution in [3.8, 4) is 5.82 Å². The van der Waals surface area contributed by atoms with Gasteiger partial charge in [-0.25, -0.2) is 14.5 Å². The number of carbonyl (C=O) groups is 1. The molecule has 82 valence electrons. The van der Waals surface area contributed by atoms with E-state index in [-0.39, 0.29) is 5.56 Å². The van der Waals surface area contributed by atoms with Crippen LogP contribution in [0.15, 0.2) is 24.5 Å². The molecule has 2 aromatic rings. The highest BCUT2D eigenvalue weighted by Crippen LogP contribution is 2.11. The van der Waals surface area contributed by atoms with Gasteiger partial charge in [-0.15, -0.1) is 0 Å². The van der Waals surface area contributed by atoms with E-state index in [0.29, 0.717) is 11.5 Å². The summed E-state index contributed by atoms with van der Waals surface area (Å²) in [4.78, 5) is 15.1. The summed E-state index contributed by atoms with van der Waals surface area (Å²) < 4.78 is 2.53. The number of aromatic nitrogens is 3. The van der Waals surface area contributed by atoms with Gasteiger partial charge in [0, 0.05) is 11.9 Å². The summed E-state index contributed by atoms with van der Waals surface area (Å²) in [7, 11) is 0. The van der Waals surface area contributed by atoms with Crippen molar-refractivity contribution in [3.05, 3.63) is 39.4 Å². The van der Waals surface area contributed by atoms with Crippen LogP contribution in [-0.4, -0.2) is 25.8 Å². The lowest BCUT2D eigenvalue weighted by Gasteiger charge is -2.03. The van der Waals surface area contributed by atoms with E-state index in [9.17, 15) is 4.79 Å². The van der Waals surface area contributed by atoms with E-state index < -0.39 is 5.97 Å². The molecule has 0 bridgehead atoms. The minimum atomic E-state index is -0.964. The molecule has 16 heavy (non-hydrogen) atoms. The van der Waals surface area contributed by atoms with Gasteiger partial charge >= 0.3 is 5.97 Å². The SMILES string of the molecule is Cc1cc(C(=O)O)cc(-n2cc(I)cn2)n1. The molecule has 6 heteroatoms. The van der Waals surface area contributed by atoms with E-state index in [0.717, 1.165) is 3.57 Å². The topological polar surface area (TPSA) is 68.0 Å². The Morgan fingerprint density at radius 3 is 2.81 bits per heavy atom. The van der Waals surface area contributed by atoms with Crippen LogP contribution in [0.2, 0.25) is 0 Å². The van der Waals surface area contributed by atoms with E-state index >= 15 is 0 Å². The van der Waals surface area contributed by atoms with Crippen molar-refractivity contribution in [1.82, 2.24) is 14.8 Å². The number of aryl methyl sites for hydroxylation is 1. The van der Waals surface area contributed by atoms with Gasteiger partial charge in [-0.05, 0) is 41.6 Å². The molecule has 0 saturated carbocycles. The number of hydrogen-bond donors (Lipinski definition) is 1. The maximum atomic E-state index is 10.9. The minimum absolute atomic E-state index is 0.216. The maximum Gasteiger partial charge on any atom is 0.335 e. The van der Waals surface area contributed by atoms with Gasteiger partial charge < -0.3 is 5.11 Å². The lowest BCUT2D eigenvalue weighted by molar-refractivity contribution is 0.0696. The van der Waals surface area contributed by atoms with Crippen molar-refractivity contribution in [2.45, 2.75) is 6.92 Å². The molecule has 0 aliphatic rings. The average molecular weight is 329 g/mol. The zero-order chi connectivity index (χ0) is 11.7. The van der Waals surface area contributed by atoms with E-state index in [1.165, 1.54) is 12.1 Å². The first-order valence-corrected chi connectivity index (χ1v) is 5.56. The Balaban J connectivity index is 2.53. The Morgan fingerprint density at radius 2 is 2.25 bits per heavy atom. The van der Waals surface area contributed by atoms with Gasteiger partial charge in [-0.2, -0.15) is 5.10 Å². The summed E-state index contributed by atoms with van der Waals surface area (Å²) in [5.41, 5.74) is 0.869. The molecule has 1 N–H and O–H groups in total. The van der Waals surface area contributed by atoms with Gasteiger partial charge in [-0.3, -0.25) is 0 Å². The molecule has 2 rings (SSSR count). The second-order valence-corrected chi connectivity index (χ2v) is 4.51. The Bertz CT molecular complexity index is 551. The smallest absolute Gasteiger partial charge is 0.335 e. The molecule has 2 heterocycles. The van der Waals surface area contributed by atoms with Crippen LogP contribution in [0.25, 0.3) is 5.82 Å². The molecule has 0 radical (unpaired) electrons. The number of rotatable bonds is 2. The van der Waals surface area contributed by atoms with Gasteiger partial charge in [0.15, 0.2) is 5.82 Å². The van der Waals surface area contributed by atoms with Crippen molar-refractivity contribution in [3.63, 3.8) is 0 Å². The first-order valence-electron chi connectivity index (χ1n) is 4.49.